The summed E-state index contributed by atoms with van der Waals surface area (Å²) in [6, 6.07) is 4.00. The standard InChI is InChI=1S/C14H18N4O/c19-14-6-8-15-11-17(14)10-12-7-9-18(16-12)13-4-2-1-3-5-13/h6-9,11,13H,1-5,10H2. The molecule has 5 heteroatoms. The second-order valence-electron chi connectivity index (χ2n) is 5.13. The Labute approximate surface area is 111 Å². The van der Waals surface area contributed by atoms with Crippen molar-refractivity contribution in [1.82, 2.24) is 19.3 Å². The van der Waals surface area contributed by atoms with Gasteiger partial charge in [-0.05, 0) is 18.9 Å². The van der Waals surface area contributed by atoms with E-state index in [-0.39, 0.29) is 5.56 Å². The fourth-order valence-electron chi connectivity index (χ4n) is 2.68. The lowest BCUT2D eigenvalue weighted by molar-refractivity contribution is 0.328. The second-order valence-corrected chi connectivity index (χ2v) is 5.13. The molecule has 0 aromatic carbocycles. The van der Waals surface area contributed by atoms with Gasteiger partial charge in [-0.3, -0.25) is 14.0 Å². The molecule has 1 aliphatic rings. The van der Waals surface area contributed by atoms with Gasteiger partial charge in [-0.25, -0.2) is 4.98 Å². The van der Waals surface area contributed by atoms with Crippen LogP contribution in [0.25, 0.3) is 0 Å². The summed E-state index contributed by atoms with van der Waals surface area (Å²) in [5.74, 6) is 0. The van der Waals surface area contributed by atoms with Gasteiger partial charge >= 0.3 is 0 Å². The van der Waals surface area contributed by atoms with Gasteiger partial charge in [0.25, 0.3) is 5.56 Å². The van der Waals surface area contributed by atoms with Gasteiger partial charge in [0.05, 0.1) is 24.6 Å². The van der Waals surface area contributed by atoms with Crippen molar-refractivity contribution < 1.29 is 0 Å². The first-order valence-corrected chi connectivity index (χ1v) is 6.87. The maximum absolute atomic E-state index is 11.6. The lowest BCUT2D eigenvalue weighted by Gasteiger charge is -2.21. The summed E-state index contributed by atoms with van der Waals surface area (Å²) in [5, 5.41) is 4.60. The highest BCUT2D eigenvalue weighted by Gasteiger charge is 2.16. The van der Waals surface area contributed by atoms with Gasteiger partial charge in [0.1, 0.15) is 0 Å². The number of hydrogen-bond acceptors (Lipinski definition) is 3. The van der Waals surface area contributed by atoms with Crippen LogP contribution in [0.15, 0.2) is 35.6 Å². The molecule has 100 valence electrons. The first-order chi connectivity index (χ1) is 9.33. The number of rotatable bonds is 3. The van der Waals surface area contributed by atoms with Gasteiger partial charge in [-0.15, -0.1) is 0 Å². The lowest BCUT2D eigenvalue weighted by Crippen LogP contribution is -2.20. The molecular weight excluding hydrogens is 240 g/mol. The Hall–Kier alpha value is -1.91. The lowest BCUT2D eigenvalue weighted by atomic mass is 9.96. The van der Waals surface area contributed by atoms with Crippen LogP contribution in [0.4, 0.5) is 0 Å². The van der Waals surface area contributed by atoms with Gasteiger partial charge < -0.3 is 0 Å². The summed E-state index contributed by atoms with van der Waals surface area (Å²) < 4.78 is 3.64. The Morgan fingerprint density at radius 2 is 2.05 bits per heavy atom. The zero-order valence-electron chi connectivity index (χ0n) is 10.9. The molecule has 19 heavy (non-hydrogen) atoms. The van der Waals surface area contributed by atoms with Crippen molar-refractivity contribution in [3.05, 3.63) is 46.9 Å². The van der Waals surface area contributed by atoms with E-state index in [2.05, 4.69) is 14.8 Å². The molecule has 3 rings (SSSR count). The zero-order chi connectivity index (χ0) is 13.1. The molecule has 1 aliphatic carbocycles. The summed E-state index contributed by atoms with van der Waals surface area (Å²) in [7, 11) is 0. The summed E-state index contributed by atoms with van der Waals surface area (Å²) >= 11 is 0. The van der Waals surface area contributed by atoms with Crippen molar-refractivity contribution in [2.75, 3.05) is 0 Å². The Morgan fingerprint density at radius 1 is 1.21 bits per heavy atom. The third-order valence-corrected chi connectivity index (χ3v) is 3.74. The van der Waals surface area contributed by atoms with Gasteiger partial charge in [0, 0.05) is 18.5 Å². The van der Waals surface area contributed by atoms with E-state index in [4.69, 9.17) is 0 Å². The summed E-state index contributed by atoms with van der Waals surface area (Å²) in [6.07, 6.45) is 11.5. The van der Waals surface area contributed by atoms with Gasteiger partial charge in [0.2, 0.25) is 0 Å². The van der Waals surface area contributed by atoms with Crippen LogP contribution in [0.5, 0.6) is 0 Å². The molecular formula is C14H18N4O. The Balaban J connectivity index is 1.74. The predicted octanol–water partition coefficient (Wildman–Crippen LogP) is 1.99. The summed E-state index contributed by atoms with van der Waals surface area (Å²) in [6.45, 7) is 0.492. The van der Waals surface area contributed by atoms with E-state index in [1.54, 1.807) is 10.9 Å². The summed E-state index contributed by atoms with van der Waals surface area (Å²) in [4.78, 5) is 15.6. The smallest absolute Gasteiger partial charge is 0.253 e. The quantitative estimate of drug-likeness (QED) is 0.846. The average molecular weight is 258 g/mol. The van der Waals surface area contributed by atoms with Crippen molar-refractivity contribution in [2.24, 2.45) is 0 Å². The molecule has 0 unspecified atom stereocenters. The maximum Gasteiger partial charge on any atom is 0.253 e. The fourth-order valence-corrected chi connectivity index (χ4v) is 2.68. The maximum atomic E-state index is 11.6. The van der Waals surface area contributed by atoms with Gasteiger partial charge in [-0.2, -0.15) is 5.10 Å². The third kappa shape index (κ3) is 2.75. The predicted molar refractivity (Wildman–Crippen MR) is 71.9 cm³/mol. The number of hydrogen-bond donors (Lipinski definition) is 0. The topological polar surface area (TPSA) is 52.7 Å². The van der Waals surface area contributed by atoms with E-state index in [9.17, 15) is 4.79 Å². The van der Waals surface area contributed by atoms with Crippen LogP contribution < -0.4 is 5.56 Å². The monoisotopic (exact) mass is 258 g/mol. The molecule has 0 radical (unpaired) electrons. The third-order valence-electron chi connectivity index (χ3n) is 3.74. The minimum atomic E-state index is -0.0396. The van der Waals surface area contributed by atoms with Crippen molar-refractivity contribution in [1.29, 1.82) is 0 Å². The van der Waals surface area contributed by atoms with Crippen molar-refractivity contribution in [3.63, 3.8) is 0 Å². The van der Waals surface area contributed by atoms with Gasteiger partial charge in [0.15, 0.2) is 0 Å². The molecule has 0 N–H and O–H groups in total. The first-order valence-electron chi connectivity index (χ1n) is 6.87. The number of nitrogens with zero attached hydrogens (tertiary/aromatic N) is 4. The number of aromatic nitrogens is 4. The Bertz CT molecular complexity index is 595. The zero-order valence-corrected chi connectivity index (χ0v) is 10.9. The van der Waals surface area contributed by atoms with E-state index in [1.165, 1.54) is 44.4 Å². The van der Waals surface area contributed by atoms with E-state index >= 15 is 0 Å². The van der Waals surface area contributed by atoms with E-state index in [0.717, 1.165) is 5.69 Å². The molecule has 0 spiro atoms. The highest BCUT2D eigenvalue weighted by atomic mass is 16.1. The SMILES string of the molecule is O=c1ccncn1Cc1ccn(C2CCCCC2)n1. The van der Waals surface area contributed by atoms with Crippen LogP contribution in [0.3, 0.4) is 0 Å². The molecule has 0 bridgehead atoms. The van der Waals surface area contributed by atoms with E-state index < -0.39 is 0 Å². The highest BCUT2D eigenvalue weighted by molar-refractivity contribution is 5.01. The second kappa shape index (κ2) is 5.38. The van der Waals surface area contributed by atoms with Crippen LogP contribution in [0, 0.1) is 0 Å². The van der Waals surface area contributed by atoms with Crippen LogP contribution in [0.1, 0.15) is 43.8 Å². The summed E-state index contributed by atoms with van der Waals surface area (Å²) in [5.41, 5.74) is 0.878. The largest absolute Gasteiger partial charge is 0.293 e. The molecule has 1 fully saturated rings. The first kappa shape index (κ1) is 12.1. The van der Waals surface area contributed by atoms with Crippen LogP contribution in [-0.4, -0.2) is 19.3 Å². The van der Waals surface area contributed by atoms with Gasteiger partial charge in [-0.1, -0.05) is 19.3 Å². The Kier molecular flexibility index (Phi) is 3.44. The van der Waals surface area contributed by atoms with E-state index in [1.807, 2.05) is 12.3 Å². The molecule has 2 heterocycles. The normalized spacial score (nSPS) is 16.6. The van der Waals surface area contributed by atoms with Crippen LogP contribution in [-0.2, 0) is 6.54 Å². The fraction of sp³-hybridized carbons (Fsp3) is 0.500. The molecule has 0 aliphatic heterocycles. The van der Waals surface area contributed by atoms with Crippen molar-refractivity contribution >= 4 is 0 Å². The van der Waals surface area contributed by atoms with Crippen LogP contribution in [0.2, 0.25) is 0 Å². The minimum Gasteiger partial charge on any atom is -0.293 e. The van der Waals surface area contributed by atoms with Crippen molar-refractivity contribution in [2.45, 2.75) is 44.7 Å². The van der Waals surface area contributed by atoms with Crippen molar-refractivity contribution in [3.8, 4) is 0 Å². The minimum absolute atomic E-state index is 0.0396. The molecule has 0 atom stereocenters. The van der Waals surface area contributed by atoms with E-state index in [0.29, 0.717) is 12.6 Å². The molecule has 2 aromatic heterocycles. The van der Waals surface area contributed by atoms with Crippen LogP contribution >= 0.6 is 0 Å². The Morgan fingerprint density at radius 3 is 2.84 bits per heavy atom. The molecule has 0 saturated heterocycles. The molecule has 0 amide bonds. The highest BCUT2D eigenvalue weighted by Crippen LogP contribution is 2.27. The molecule has 2 aromatic rings. The molecule has 5 nitrogen and oxygen atoms in total. The molecule has 1 saturated carbocycles. The average Bonchev–Trinajstić information content (AvgIpc) is 2.91.